The summed E-state index contributed by atoms with van der Waals surface area (Å²) in [6.07, 6.45) is 4.50. The lowest BCUT2D eigenvalue weighted by molar-refractivity contribution is 0.323. The first-order chi connectivity index (χ1) is 9.61. The van der Waals surface area contributed by atoms with Crippen molar-refractivity contribution in [1.82, 2.24) is 5.32 Å². The molecule has 4 heteroatoms. The topological polar surface area (TPSA) is 12.0 Å². The van der Waals surface area contributed by atoms with Crippen molar-refractivity contribution < 1.29 is 8.78 Å². The summed E-state index contributed by atoms with van der Waals surface area (Å²) in [7, 11) is 0. The molecular weight excluding hydrogens is 324 g/mol. The average molecular weight is 344 g/mol. The summed E-state index contributed by atoms with van der Waals surface area (Å²) >= 11 is 3.18. The van der Waals surface area contributed by atoms with Crippen LogP contribution >= 0.6 is 15.9 Å². The summed E-state index contributed by atoms with van der Waals surface area (Å²) < 4.78 is 28.9. The molecule has 1 aromatic rings. The van der Waals surface area contributed by atoms with Crippen LogP contribution in [0.4, 0.5) is 8.78 Å². The van der Waals surface area contributed by atoms with Crippen LogP contribution in [0.3, 0.4) is 0 Å². The number of benzene rings is 1. The van der Waals surface area contributed by atoms with Crippen molar-refractivity contribution in [3.8, 4) is 0 Å². The van der Waals surface area contributed by atoms with E-state index in [9.17, 15) is 8.78 Å². The molecule has 0 aromatic heterocycles. The summed E-state index contributed by atoms with van der Waals surface area (Å²) in [5, 5.41) is 3.38. The second-order valence-corrected chi connectivity index (χ2v) is 7.03. The molecule has 1 nitrogen and oxygen atoms in total. The fraction of sp³-hybridized carbons (Fsp3) is 0.625. The van der Waals surface area contributed by atoms with E-state index in [1.807, 2.05) is 0 Å². The zero-order valence-corrected chi connectivity index (χ0v) is 13.2. The Kier molecular flexibility index (Phi) is 4.14. The van der Waals surface area contributed by atoms with Crippen molar-refractivity contribution in [1.29, 1.82) is 0 Å². The highest BCUT2D eigenvalue weighted by Gasteiger charge is 2.48. The maximum Gasteiger partial charge on any atom is 0.145 e. The number of hydrogen-bond donors (Lipinski definition) is 1. The highest BCUT2D eigenvalue weighted by molar-refractivity contribution is 9.10. The van der Waals surface area contributed by atoms with E-state index in [0.717, 1.165) is 37.6 Å². The molecule has 0 bridgehead atoms. The van der Waals surface area contributed by atoms with Gasteiger partial charge in [0.2, 0.25) is 0 Å². The monoisotopic (exact) mass is 343 g/mol. The van der Waals surface area contributed by atoms with Crippen LogP contribution in [0, 0.1) is 29.4 Å². The van der Waals surface area contributed by atoms with Crippen molar-refractivity contribution >= 4 is 15.9 Å². The Morgan fingerprint density at radius 1 is 1.25 bits per heavy atom. The van der Waals surface area contributed by atoms with Gasteiger partial charge < -0.3 is 5.32 Å². The number of rotatable bonds is 5. The van der Waals surface area contributed by atoms with Crippen LogP contribution in [0.15, 0.2) is 16.6 Å². The van der Waals surface area contributed by atoms with Crippen molar-refractivity contribution in [3.05, 3.63) is 33.8 Å². The van der Waals surface area contributed by atoms with Gasteiger partial charge in [-0.3, -0.25) is 0 Å². The predicted molar refractivity (Wildman–Crippen MR) is 79.4 cm³/mol. The highest BCUT2D eigenvalue weighted by Crippen LogP contribution is 2.57. The fourth-order valence-electron chi connectivity index (χ4n) is 3.67. The summed E-state index contributed by atoms with van der Waals surface area (Å²) in [6, 6.07) is 2.61. The predicted octanol–water partition coefficient (Wildman–Crippen LogP) is 4.81. The Morgan fingerprint density at radius 2 is 1.95 bits per heavy atom. The van der Waals surface area contributed by atoms with Gasteiger partial charge in [-0.2, -0.15) is 0 Å². The van der Waals surface area contributed by atoms with E-state index in [2.05, 4.69) is 28.2 Å². The van der Waals surface area contributed by atoms with E-state index in [0.29, 0.717) is 10.4 Å². The van der Waals surface area contributed by atoms with Gasteiger partial charge in [0, 0.05) is 11.6 Å². The molecule has 0 aliphatic heterocycles. The smallest absolute Gasteiger partial charge is 0.145 e. The summed E-state index contributed by atoms with van der Waals surface area (Å²) in [5.41, 5.74) is 0.221. The molecule has 0 saturated heterocycles. The van der Waals surface area contributed by atoms with Crippen LogP contribution in [0.1, 0.15) is 44.2 Å². The average Bonchev–Trinajstić information content (AvgIpc) is 3.05. The molecule has 1 N–H and O–H groups in total. The first-order valence-electron chi connectivity index (χ1n) is 7.48. The van der Waals surface area contributed by atoms with Crippen LogP contribution in [0.2, 0.25) is 0 Å². The molecule has 0 amide bonds. The van der Waals surface area contributed by atoms with E-state index in [4.69, 9.17) is 0 Å². The van der Waals surface area contributed by atoms with Gasteiger partial charge in [0.15, 0.2) is 0 Å². The lowest BCUT2D eigenvalue weighted by atomic mass is 9.88. The molecule has 3 rings (SSSR count). The quantitative estimate of drug-likeness (QED) is 0.756. The van der Waals surface area contributed by atoms with Gasteiger partial charge in [-0.15, -0.1) is 0 Å². The zero-order valence-electron chi connectivity index (χ0n) is 11.6. The second kappa shape index (κ2) is 5.72. The Morgan fingerprint density at radius 3 is 2.60 bits per heavy atom. The summed E-state index contributed by atoms with van der Waals surface area (Å²) in [4.78, 5) is 0. The molecule has 2 fully saturated rings. The van der Waals surface area contributed by atoms with Crippen molar-refractivity contribution in [2.24, 2.45) is 17.8 Å². The third-order valence-corrected chi connectivity index (χ3v) is 5.37. The SMILES string of the molecule is CCCNC(c1c(F)ccc(Br)c1F)C1CC2CC2C1. The van der Waals surface area contributed by atoms with Gasteiger partial charge in [-0.25, -0.2) is 8.78 Å². The molecule has 0 radical (unpaired) electrons. The molecule has 20 heavy (non-hydrogen) atoms. The molecule has 0 heterocycles. The molecule has 1 aromatic carbocycles. The van der Waals surface area contributed by atoms with Gasteiger partial charge in [-0.05, 0) is 78.0 Å². The molecule has 2 saturated carbocycles. The zero-order chi connectivity index (χ0) is 14.3. The first-order valence-corrected chi connectivity index (χ1v) is 8.27. The van der Waals surface area contributed by atoms with E-state index in [1.165, 1.54) is 18.6 Å². The van der Waals surface area contributed by atoms with E-state index in [-0.39, 0.29) is 11.6 Å². The number of fused-ring (bicyclic) bond motifs is 1. The molecule has 2 aliphatic rings. The Labute approximate surface area is 127 Å². The standard InChI is InChI=1S/C16H20BrF2N/c1-2-5-20-16(11-7-9-6-10(9)8-11)14-13(18)4-3-12(17)15(14)19/h3-4,9-11,16,20H,2,5-8H2,1H3. The van der Waals surface area contributed by atoms with Crippen LogP contribution in [-0.4, -0.2) is 6.54 Å². The molecule has 2 aliphatic carbocycles. The molecule has 110 valence electrons. The van der Waals surface area contributed by atoms with E-state index < -0.39 is 11.6 Å². The van der Waals surface area contributed by atoms with Gasteiger partial charge in [0.25, 0.3) is 0 Å². The number of nitrogens with one attached hydrogen (secondary N) is 1. The number of hydrogen-bond acceptors (Lipinski definition) is 1. The van der Waals surface area contributed by atoms with E-state index >= 15 is 0 Å². The molecular formula is C16H20BrF2N. The molecule has 3 atom stereocenters. The van der Waals surface area contributed by atoms with Gasteiger partial charge >= 0.3 is 0 Å². The summed E-state index contributed by atoms with van der Waals surface area (Å²) in [5.74, 6) is 1.11. The van der Waals surface area contributed by atoms with Crippen molar-refractivity contribution in [2.45, 2.75) is 38.6 Å². The summed E-state index contributed by atoms with van der Waals surface area (Å²) in [6.45, 7) is 2.87. The number of halogens is 3. The molecule has 3 unspecified atom stereocenters. The van der Waals surface area contributed by atoms with Gasteiger partial charge in [0.1, 0.15) is 11.6 Å². The maximum absolute atomic E-state index is 14.4. The Bertz CT molecular complexity index is 495. The third kappa shape index (κ3) is 2.64. The van der Waals surface area contributed by atoms with Crippen LogP contribution in [0.5, 0.6) is 0 Å². The van der Waals surface area contributed by atoms with E-state index in [1.54, 1.807) is 0 Å². The lowest BCUT2D eigenvalue weighted by Crippen LogP contribution is -2.30. The first kappa shape index (κ1) is 14.5. The van der Waals surface area contributed by atoms with Gasteiger partial charge in [-0.1, -0.05) is 6.92 Å². The van der Waals surface area contributed by atoms with Gasteiger partial charge in [0.05, 0.1) is 4.47 Å². The van der Waals surface area contributed by atoms with Crippen LogP contribution in [0.25, 0.3) is 0 Å². The van der Waals surface area contributed by atoms with Crippen molar-refractivity contribution in [2.75, 3.05) is 6.54 Å². The minimum absolute atomic E-state index is 0.194. The maximum atomic E-state index is 14.4. The second-order valence-electron chi connectivity index (χ2n) is 6.18. The Balaban J connectivity index is 1.90. The lowest BCUT2D eigenvalue weighted by Gasteiger charge is -2.27. The molecule has 0 spiro atoms. The fourth-order valence-corrected chi connectivity index (χ4v) is 4.01. The highest BCUT2D eigenvalue weighted by atomic mass is 79.9. The van der Waals surface area contributed by atoms with Crippen LogP contribution in [-0.2, 0) is 0 Å². The van der Waals surface area contributed by atoms with Crippen molar-refractivity contribution in [3.63, 3.8) is 0 Å². The minimum atomic E-state index is -0.445. The normalized spacial score (nSPS) is 29.3. The van der Waals surface area contributed by atoms with Crippen LogP contribution < -0.4 is 5.32 Å². The Hall–Kier alpha value is -0.480. The third-order valence-electron chi connectivity index (χ3n) is 4.76. The minimum Gasteiger partial charge on any atom is -0.310 e. The largest absolute Gasteiger partial charge is 0.310 e.